The van der Waals surface area contributed by atoms with Gasteiger partial charge in [-0.1, -0.05) is 0 Å². The molecule has 4 nitrogen and oxygen atoms in total. The second kappa shape index (κ2) is 6.35. The molecule has 0 bridgehead atoms. The maximum Gasteiger partial charge on any atom is 0.0583 e. The van der Waals surface area contributed by atoms with Gasteiger partial charge in [-0.15, -0.1) is 0 Å². The fourth-order valence-corrected chi connectivity index (χ4v) is 1.76. The van der Waals surface area contributed by atoms with Gasteiger partial charge in [-0.25, -0.2) is 0 Å². The Labute approximate surface area is 86.7 Å². The second-order valence-electron chi connectivity index (χ2n) is 4.23. The molecule has 1 fully saturated rings. The van der Waals surface area contributed by atoms with Crippen molar-refractivity contribution in [3.63, 3.8) is 0 Å². The first-order valence-corrected chi connectivity index (χ1v) is 5.49. The Morgan fingerprint density at radius 2 is 2.07 bits per heavy atom. The third-order valence-corrected chi connectivity index (χ3v) is 2.86. The minimum absolute atomic E-state index is 0.0454. The largest absolute Gasteiger partial charge is 0.395 e. The van der Waals surface area contributed by atoms with Gasteiger partial charge >= 0.3 is 0 Å². The van der Waals surface area contributed by atoms with E-state index in [2.05, 4.69) is 16.8 Å². The van der Waals surface area contributed by atoms with Crippen LogP contribution < -0.4 is 5.73 Å². The number of aliphatic hydroxyl groups excluding tert-OH is 1. The van der Waals surface area contributed by atoms with Crippen LogP contribution in [0.4, 0.5) is 0 Å². The number of likely N-dealkylation sites (N-methyl/N-ethyl adjacent to an activating group) is 1. The summed E-state index contributed by atoms with van der Waals surface area (Å²) in [6.45, 7) is 5.78. The van der Waals surface area contributed by atoms with Crippen LogP contribution in [0.5, 0.6) is 0 Å². The fourth-order valence-electron chi connectivity index (χ4n) is 1.76. The zero-order valence-electron chi connectivity index (χ0n) is 9.15. The average molecular weight is 201 g/mol. The van der Waals surface area contributed by atoms with Crippen molar-refractivity contribution in [2.75, 3.05) is 46.4 Å². The van der Waals surface area contributed by atoms with Crippen LogP contribution in [0.15, 0.2) is 0 Å². The minimum atomic E-state index is -0.0454. The van der Waals surface area contributed by atoms with E-state index in [1.807, 2.05) is 0 Å². The zero-order valence-corrected chi connectivity index (χ0v) is 9.15. The lowest BCUT2D eigenvalue weighted by atomic mass is 10.2. The van der Waals surface area contributed by atoms with Gasteiger partial charge < -0.3 is 20.6 Å². The van der Waals surface area contributed by atoms with E-state index in [9.17, 15) is 0 Å². The normalized spacial score (nSPS) is 23.4. The highest BCUT2D eigenvalue weighted by molar-refractivity contribution is 4.69. The molecule has 84 valence electrons. The molecular weight excluding hydrogens is 178 g/mol. The monoisotopic (exact) mass is 201 g/mol. The zero-order chi connectivity index (χ0) is 10.4. The van der Waals surface area contributed by atoms with Gasteiger partial charge in [-0.3, -0.25) is 0 Å². The van der Waals surface area contributed by atoms with Crippen LogP contribution in [0.3, 0.4) is 0 Å². The lowest BCUT2D eigenvalue weighted by molar-refractivity contribution is 0.226. The van der Waals surface area contributed by atoms with Crippen molar-refractivity contribution in [2.45, 2.75) is 18.9 Å². The van der Waals surface area contributed by atoms with Crippen molar-refractivity contribution in [3.05, 3.63) is 0 Å². The van der Waals surface area contributed by atoms with Gasteiger partial charge in [-0.05, 0) is 39.5 Å². The predicted octanol–water partition coefficient (Wildman–Crippen LogP) is -0.666. The molecule has 0 saturated carbocycles. The maximum atomic E-state index is 8.81. The van der Waals surface area contributed by atoms with Gasteiger partial charge in [0.2, 0.25) is 0 Å². The highest BCUT2D eigenvalue weighted by Gasteiger charge is 2.12. The number of hydrogen-bond donors (Lipinski definition) is 2. The number of aliphatic hydroxyl groups is 1. The molecule has 3 N–H and O–H groups in total. The quantitative estimate of drug-likeness (QED) is 0.634. The number of nitrogens with two attached hydrogens (primary N) is 1. The Morgan fingerprint density at radius 3 is 2.79 bits per heavy atom. The van der Waals surface area contributed by atoms with Gasteiger partial charge in [-0.2, -0.15) is 0 Å². The van der Waals surface area contributed by atoms with Crippen LogP contribution in [0, 0.1) is 0 Å². The van der Waals surface area contributed by atoms with Crippen molar-refractivity contribution < 1.29 is 5.11 Å². The standard InChI is InChI=1S/C10H23N3O/c1-12-4-2-5-13(8-7-12)6-3-10(11)9-14/h10,14H,2-9,11H2,1H3. The molecule has 1 rings (SSSR count). The van der Waals surface area contributed by atoms with Gasteiger partial charge in [0.1, 0.15) is 0 Å². The molecule has 1 aliphatic heterocycles. The first-order valence-electron chi connectivity index (χ1n) is 5.49. The molecular formula is C10H23N3O. The Morgan fingerprint density at radius 1 is 1.29 bits per heavy atom. The fraction of sp³-hybridized carbons (Fsp3) is 1.00. The number of rotatable bonds is 4. The summed E-state index contributed by atoms with van der Waals surface area (Å²) in [5.74, 6) is 0. The Kier molecular flexibility index (Phi) is 5.40. The molecule has 1 atom stereocenters. The van der Waals surface area contributed by atoms with Crippen molar-refractivity contribution in [3.8, 4) is 0 Å². The van der Waals surface area contributed by atoms with E-state index in [0.717, 1.165) is 26.1 Å². The van der Waals surface area contributed by atoms with Gasteiger partial charge in [0.25, 0.3) is 0 Å². The van der Waals surface area contributed by atoms with E-state index in [-0.39, 0.29) is 12.6 Å². The van der Waals surface area contributed by atoms with Crippen molar-refractivity contribution >= 4 is 0 Å². The van der Waals surface area contributed by atoms with E-state index < -0.39 is 0 Å². The van der Waals surface area contributed by atoms with Crippen molar-refractivity contribution in [1.82, 2.24) is 9.80 Å². The molecule has 0 radical (unpaired) electrons. The number of nitrogens with zero attached hydrogens (tertiary/aromatic N) is 2. The third kappa shape index (κ3) is 4.37. The average Bonchev–Trinajstić information content (AvgIpc) is 2.39. The predicted molar refractivity (Wildman–Crippen MR) is 58.2 cm³/mol. The Bertz CT molecular complexity index is 154. The minimum Gasteiger partial charge on any atom is -0.395 e. The van der Waals surface area contributed by atoms with Gasteiger partial charge in [0.05, 0.1) is 6.61 Å². The van der Waals surface area contributed by atoms with Crippen LogP contribution >= 0.6 is 0 Å². The third-order valence-electron chi connectivity index (χ3n) is 2.86. The molecule has 0 aliphatic carbocycles. The van der Waals surface area contributed by atoms with Crippen molar-refractivity contribution in [1.29, 1.82) is 0 Å². The van der Waals surface area contributed by atoms with Crippen LogP contribution in [-0.4, -0.2) is 67.3 Å². The summed E-state index contributed by atoms with van der Waals surface area (Å²) in [4.78, 5) is 4.81. The molecule has 14 heavy (non-hydrogen) atoms. The summed E-state index contributed by atoms with van der Waals surface area (Å²) in [7, 11) is 2.17. The maximum absolute atomic E-state index is 8.81. The van der Waals surface area contributed by atoms with Crippen LogP contribution in [0.1, 0.15) is 12.8 Å². The van der Waals surface area contributed by atoms with E-state index in [1.54, 1.807) is 0 Å². The number of hydrogen-bond acceptors (Lipinski definition) is 4. The molecule has 4 heteroatoms. The Balaban J connectivity index is 2.17. The first-order chi connectivity index (χ1) is 6.72. The SMILES string of the molecule is CN1CCCN(CCC(N)CO)CC1. The van der Waals surface area contributed by atoms with E-state index in [4.69, 9.17) is 10.8 Å². The highest BCUT2D eigenvalue weighted by Crippen LogP contribution is 2.02. The lowest BCUT2D eigenvalue weighted by Crippen LogP contribution is -2.34. The molecule has 0 aromatic heterocycles. The summed E-state index contributed by atoms with van der Waals surface area (Å²) in [6.07, 6.45) is 2.14. The summed E-state index contributed by atoms with van der Waals surface area (Å²) >= 11 is 0. The van der Waals surface area contributed by atoms with Gasteiger partial charge in [0.15, 0.2) is 0 Å². The van der Waals surface area contributed by atoms with Crippen LogP contribution in [0.2, 0.25) is 0 Å². The topological polar surface area (TPSA) is 52.7 Å². The van der Waals surface area contributed by atoms with E-state index >= 15 is 0 Å². The van der Waals surface area contributed by atoms with E-state index in [0.29, 0.717) is 0 Å². The molecule has 0 aromatic rings. The summed E-state index contributed by atoms with van der Waals surface area (Å²) < 4.78 is 0. The highest BCUT2D eigenvalue weighted by atomic mass is 16.3. The van der Waals surface area contributed by atoms with Crippen LogP contribution in [-0.2, 0) is 0 Å². The van der Waals surface area contributed by atoms with Crippen molar-refractivity contribution in [2.24, 2.45) is 5.73 Å². The smallest absolute Gasteiger partial charge is 0.0583 e. The molecule has 1 aliphatic rings. The summed E-state index contributed by atoms with van der Waals surface area (Å²) in [5.41, 5.74) is 5.67. The summed E-state index contributed by atoms with van der Waals surface area (Å²) in [5, 5.41) is 8.81. The van der Waals surface area contributed by atoms with Crippen LogP contribution in [0.25, 0.3) is 0 Å². The molecule has 0 aromatic carbocycles. The molecule has 1 heterocycles. The molecule has 0 spiro atoms. The van der Waals surface area contributed by atoms with E-state index in [1.165, 1.54) is 19.5 Å². The second-order valence-corrected chi connectivity index (χ2v) is 4.23. The molecule has 1 saturated heterocycles. The van der Waals surface area contributed by atoms with Gasteiger partial charge in [0, 0.05) is 19.1 Å². The lowest BCUT2D eigenvalue weighted by Gasteiger charge is -2.21. The molecule has 0 amide bonds. The molecule has 1 unspecified atom stereocenters. The first kappa shape index (κ1) is 11.9. The Hall–Kier alpha value is -0.160. The summed E-state index contributed by atoms with van der Waals surface area (Å²) in [6, 6.07) is -0.0454.